The van der Waals surface area contributed by atoms with E-state index >= 15 is 0 Å². The number of benzene rings is 1. The first-order chi connectivity index (χ1) is 17.6. The van der Waals surface area contributed by atoms with Crippen molar-refractivity contribution in [3.63, 3.8) is 0 Å². The monoisotopic (exact) mass is 487 g/mol. The van der Waals surface area contributed by atoms with Crippen molar-refractivity contribution in [2.24, 2.45) is 7.05 Å². The van der Waals surface area contributed by atoms with Crippen LogP contribution in [0.25, 0.3) is 21.9 Å². The quantitative estimate of drug-likeness (QED) is 0.551. The van der Waals surface area contributed by atoms with Crippen molar-refractivity contribution < 1.29 is 4.79 Å². The molecule has 0 bridgehead atoms. The number of piperidine rings is 1. The smallest absolute Gasteiger partial charge is 0.239 e. The van der Waals surface area contributed by atoms with Gasteiger partial charge in [0.15, 0.2) is 0 Å². The van der Waals surface area contributed by atoms with E-state index in [1.54, 1.807) is 0 Å². The van der Waals surface area contributed by atoms with Crippen molar-refractivity contribution in [3.05, 3.63) is 42.4 Å². The Balaban J connectivity index is 1.14. The van der Waals surface area contributed by atoms with Gasteiger partial charge in [0.2, 0.25) is 5.91 Å². The van der Waals surface area contributed by atoms with Crippen molar-refractivity contribution in [1.82, 2.24) is 29.5 Å². The number of anilines is 1. The van der Waals surface area contributed by atoms with Crippen LogP contribution in [0.5, 0.6) is 0 Å². The van der Waals surface area contributed by atoms with Crippen LogP contribution in [0.1, 0.15) is 37.8 Å². The number of nitrogens with zero attached hydrogens (tertiary/aromatic N) is 6. The van der Waals surface area contributed by atoms with Crippen LogP contribution in [0, 0.1) is 0 Å². The third-order valence-electron chi connectivity index (χ3n) is 8.02. The van der Waals surface area contributed by atoms with Gasteiger partial charge in [-0.3, -0.25) is 24.2 Å². The highest BCUT2D eigenvalue weighted by Crippen LogP contribution is 2.29. The molecule has 2 aromatic heterocycles. The van der Waals surface area contributed by atoms with E-state index in [1.165, 1.54) is 43.4 Å². The second-order valence-corrected chi connectivity index (χ2v) is 10.7. The van der Waals surface area contributed by atoms with Gasteiger partial charge in [-0.15, -0.1) is 0 Å². The molecular weight excluding hydrogens is 450 g/mol. The van der Waals surface area contributed by atoms with Crippen molar-refractivity contribution in [2.75, 3.05) is 51.1 Å². The molecule has 36 heavy (non-hydrogen) atoms. The predicted molar refractivity (Wildman–Crippen MR) is 143 cm³/mol. The van der Waals surface area contributed by atoms with E-state index in [-0.39, 0.29) is 5.91 Å². The van der Waals surface area contributed by atoms with Gasteiger partial charge in [0.25, 0.3) is 0 Å². The summed E-state index contributed by atoms with van der Waals surface area (Å²) in [4.78, 5) is 24.6. The molecule has 1 saturated carbocycles. The fourth-order valence-corrected chi connectivity index (χ4v) is 5.71. The fourth-order valence-electron chi connectivity index (χ4n) is 5.71. The van der Waals surface area contributed by atoms with Gasteiger partial charge in [-0.2, -0.15) is 5.10 Å². The average Bonchev–Trinajstić information content (AvgIpc) is 3.68. The van der Waals surface area contributed by atoms with Gasteiger partial charge >= 0.3 is 0 Å². The molecule has 3 aliphatic rings. The minimum absolute atomic E-state index is 0.00829. The van der Waals surface area contributed by atoms with E-state index < -0.39 is 0 Å². The number of piperazine rings is 1. The van der Waals surface area contributed by atoms with Gasteiger partial charge < -0.3 is 5.32 Å². The first-order valence-corrected chi connectivity index (χ1v) is 13.5. The molecule has 3 aromatic rings. The molecule has 1 aromatic carbocycles. The van der Waals surface area contributed by atoms with Crippen molar-refractivity contribution >= 4 is 22.5 Å². The highest BCUT2D eigenvalue weighted by molar-refractivity contribution is 5.95. The van der Waals surface area contributed by atoms with Crippen LogP contribution >= 0.6 is 0 Å². The first kappa shape index (κ1) is 23.6. The van der Waals surface area contributed by atoms with Crippen LogP contribution in [0.3, 0.4) is 0 Å². The third-order valence-corrected chi connectivity index (χ3v) is 8.02. The number of aryl methyl sites for hydroxylation is 1. The van der Waals surface area contributed by atoms with Gasteiger partial charge in [0, 0.05) is 63.0 Å². The second kappa shape index (κ2) is 10.3. The number of likely N-dealkylation sites (tertiary alicyclic amines) is 1. The largest absolute Gasteiger partial charge is 0.310 e. The molecule has 1 aliphatic carbocycles. The van der Waals surface area contributed by atoms with E-state index in [9.17, 15) is 4.79 Å². The third kappa shape index (κ3) is 5.31. The van der Waals surface area contributed by atoms with Crippen molar-refractivity contribution in [2.45, 2.75) is 44.7 Å². The molecule has 2 saturated heterocycles. The maximum absolute atomic E-state index is 12.7. The molecule has 190 valence electrons. The molecule has 1 N–H and O–H groups in total. The highest BCUT2D eigenvalue weighted by atomic mass is 16.2. The number of carbonyl (C=O) groups excluding carboxylic acids is 1. The van der Waals surface area contributed by atoms with Crippen LogP contribution in [0.2, 0.25) is 0 Å². The normalized spacial score (nSPS) is 20.1. The number of pyridine rings is 1. The summed E-state index contributed by atoms with van der Waals surface area (Å²) in [5.41, 5.74) is 3.58. The number of nitrogens with one attached hydrogen (secondary N) is 1. The number of fused-ring (bicyclic) bond motifs is 1. The second-order valence-electron chi connectivity index (χ2n) is 10.7. The van der Waals surface area contributed by atoms with Crippen molar-refractivity contribution in [3.8, 4) is 11.1 Å². The van der Waals surface area contributed by atoms with Crippen molar-refractivity contribution in [1.29, 1.82) is 0 Å². The van der Waals surface area contributed by atoms with E-state index in [4.69, 9.17) is 0 Å². The average molecular weight is 488 g/mol. The molecule has 4 heterocycles. The molecule has 1 amide bonds. The molecule has 0 radical (unpaired) electrons. The van der Waals surface area contributed by atoms with Gasteiger partial charge in [-0.25, -0.2) is 4.98 Å². The Morgan fingerprint density at radius 1 is 0.944 bits per heavy atom. The summed E-state index contributed by atoms with van der Waals surface area (Å²) >= 11 is 0. The van der Waals surface area contributed by atoms with Gasteiger partial charge in [0.05, 0.1) is 18.4 Å². The summed E-state index contributed by atoms with van der Waals surface area (Å²) in [6, 6.07) is 9.25. The standard InChI is InChI=1S/C28H37N7O/c1-32-26(19-33-9-3-2-4-10-33)25(18-30-32)21-5-6-22-17-29-27(16-23(22)15-21)31-28(36)20-34-11-13-35(14-12-34)24-7-8-24/h5-6,15-18,24H,2-4,7-14,19-20H2,1H3,(H,29,31,36). The van der Waals surface area contributed by atoms with Crippen LogP contribution in [-0.4, -0.2) is 87.2 Å². The Morgan fingerprint density at radius 2 is 1.75 bits per heavy atom. The zero-order chi connectivity index (χ0) is 24.5. The van der Waals surface area contributed by atoms with E-state index in [1.807, 2.05) is 30.2 Å². The molecule has 3 fully saturated rings. The minimum atomic E-state index is 0.00829. The molecule has 0 unspecified atom stereocenters. The number of hydrogen-bond donors (Lipinski definition) is 1. The summed E-state index contributed by atoms with van der Waals surface area (Å²) in [6.07, 6.45) is 10.4. The van der Waals surface area contributed by atoms with Gasteiger partial charge in [0.1, 0.15) is 5.82 Å². The lowest BCUT2D eigenvalue weighted by Crippen LogP contribution is -2.49. The summed E-state index contributed by atoms with van der Waals surface area (Å²) in [6.45, 7) is 7.74. The minimum Gasteiger partial charge on any atom is -0.310 e. The van der Waals surface area contributed by atoms with Crippen LogP contribution in [-0.2, 0) is 18.4 Å². The zero-order valence-electron chi connectivity index (χ0n) is 21.3. The summed E-state index contributed by atoms with van der Waals surface area (Å²) in [5, 5.41) is 9.75. The maximum atomic E-state index is 12.7. The van der Waals surface area contributed by atoms with Gasteiger partial charge in [-0.05, 0) is 61.9 Å². The van der Waals surface area contributed by atoms with E-state index in [0.717, 1.165) is 68.2 Å². The number of carbonyl (C=O) groups is 1. The Hall–Kier alpha value is -2.81. The summed E-state index contributed by atoms with van der Waals surface area (Å²) in [5.74, 6) is 0.620. The van der Waals surface area contributed by atoms with Crippen LogP contribution < -0.4 is 5.32 Å². The lowest BCUT2D eigenvalue weighted by molar-refractivity contribution is -0.117. The number of hydrogen-bond acceptors (Lipinski definition) is 6. The lowest BCUT2D eigenvalue weighted by atomic mass is 10.0. The molecule has 0 atom stereocenters. The van der Waals surface area contributed by atoms with Gasteiger partial charge in [-0.1, -0.05) is 18.6 Å². The molecule has 8 nitrogen and oxygen atoms in total. The maximum Gasteiger partial charge on any atom is 0.239 e. The van der Waals surface area contributed by atoms with E-state index in [0.29, 0.717) is 12.4 Å². The summed E-state index contributed by atoms with van der Waals surface area (Å²) in [7, 11) is 2.03. The highest BCUT2D eigenvalue weighted by Gasteiger charge is 2.31. The number of aromatic nitrogens is 3. The molecular formula is C28H37N7O. The molecule has 6 rings (SSSR count). The Bertz CT molecular complexity index is 1220. The lowest BCUT2D eigenvalue weighted by Gasteiger charge is -2.34. The van der Waals surface area contributed by atoms with E-state index in [2.05, 4.69) is 48.3 Å². The predicted octanol–water partition coefficient (Wildman–Crippen LogP) is 3.34. The SMILES string of the molecule is Cn1ncc(-c2ccc3cnc(NC(=O)CN4CCN(C5CC5)CC4)cc3c2)c1CN1CCCCC1. The zero-order valence-corrected chi connectivity index (χ0v) is 21.3. The molecule has 8 heteroatoms. The molecule has 2 aliphatic heterocycles. The number of rotatable bonds is 7. The van der Waals surface area contributed by atoms with Crippen LogP contribution in [0.4, 0.5) is 5.82 Å². The Labute approximate surface area is 213 Å². The fraction of sp³-hybridized carbons (Fsp3) is 0.536. The Morgan fingerprint density at radius 3 is 2.53 bits per heavy atom. The Kier molecular flexibility index (Phi) is 6.73. The first-order valence-electron chi connectivity index (χ1n) is 13.5. The molecule has 0 spiro atoms. The summed E-state index contributed by atoms with van der Waals surface area (Å²) < 4.78 is 2.01. The number of amides is 1. The topological polar surface area (TPSA) is 69.5 Å². The van der Waals surface area contributed by atoms with Crippen LogP contribution in [0.15, 0.2) is 36.7 Å².